The highest BCUT2D eigenvalue weighted by Crippen LogP contribution is 2.35. The van der Waals surface area contributed by atoms with Crippen LogP contribution in [0.1, 0.15) is 23.6 Å². The van der Waals surface area contributed by atoms with Crippen LogP contribution < -0.4 is 4.74 Å². The van der Waals surface area contributed by atoms with Gasteiger partial charge >= 0.3 is 0 Å². The minimum absolute atomic E-state index is 0.00994. The first-order valence-electron chi connectivity index (χ1n) is 11.7. The van der Waals surface area contributed by atoms with Crippen LogP contribution in [0.15, 0.2) is 64.4 Å². The Morgan fingerprint density at radius 1 is 1.12 bits per heavy atom. The number of nitrogens with zero attached hydrogens (tertiary/aromatic N) is 4. The molecule has 2 aromatic rings. The molecule has 3 heterocycles. The van der Waals surface area contributed by atoms with E-state index in [2.05, 4.69) is 63.5 Å². The molecule has 1 saturated heterocycles. The van der Waals surface area contributed by atoms with Gasteiger partial charge in [-0.15, -0.1) is 0 Å². The summed E-state index contributed by atoms with van der Waals surface area (Å²) in [6.07, 6.45) is 2.28. The number of hydrogen-bond acceptors (Lipinski definition) is 7. The molecule has 7 heteroatoms. The summed E-state index contributed by atoms with van der Waals surface area (Å²) in [6, 6.07) is 16.3. The molecular formula is C26H30N4O3. The van der Waals surface area contributed by atoms with Gasteiger partial charge in [-0.05, 0) is 30.2 Å². The standard InChI is InChI=1S/C26H30N4O3/c1-19(13-20-5-3-2-4-6-20)16-29-9-11-30(12-10-29)17-25-23-18-32-24-14-21(15-27-31)7-8-22(24)26(23)28-33-25/h2-8,13-14,23,25H,9-12,15-18H2,1H3. The molecule has 0 bridgehead atoms. The number of ether oxygens (including phenoxy) is 1. The second kappa shape index (κ2) is 9.85. The second-order valence-electron chi connectivity index (χ2n) is 9.13. The average Bonchev–Trinajstić information content (AvgIpc) is 3.24. The molecule has 2 aromatic carbocycles. The van der Waals surface area contributed by atoms with Crippen molar-refractivity contribution in [3.63, 3.8) is 0 Å². The quantitative estimate of drug-likeness (QED) is 0.606. The summed E-state index contributed by atoms with van der Waals surface area (Å²) in [5, 5.41) is 7.39. The SMILES string of the molecule is CC(=Cc1ccccc1)CN1CCN(CC2ON=C3c4ccc(CN=O)cc4OCC32)CC1. The van der Waals surface area contributed by atoms with Gasteiger partial charge in [0.2, 0.25) is 0 Å². The summed E-state index contributed by atoms with van der Waals surface area (Å²) in [7, 11) is 0. The zero-order chi connectivity index (χ0) is 22.6. The second-order valence-corrected chi connectivity index (χ2v) is 9.13. The highest BCUT2D eigenvalue weighted by molar-refractivity contribution is 6.06. The third kappa shape index (κ3) is 4.99. The van der Waals surface area contributed by atoms with Crippen LogP contribution in [0.25, 0.3) is 6.08 Å². The Kier molecular flexibility index (Phi) is 6.51. The van der Waals surface area contributed by atoms with E-state index in [0.717, 1.165) is 61.9 Å². The van der Waals surface area contributed by atoms with E-state index in [-0.39, 0.29) is 18.6 Å². The molecule has 0 spiro atoms. The van der Waals surface area contributed by atoms with Crippen LogP contribution in [0, 0.1) is 10.8 Å². The molecule has 0 saturated carbocycles. The first-order chi connectivity index (χ1) is 16.2. The molecule has 7 nitrogen and oxygen atoms in total. The van der Waals surface area contributed by atoms with Crippen LogP contribution in [0.5, 0.6) is 5.75 Å². The van der Waals surface area contributed by atoms with Gasteiger partial charge in [0, 0.05) is 44.8 Å². The van der Waals surface area contributed by atoms with E-state index >= 15 is 0 Å². The Morgan fingerprint density at radius 3 is 2.70 bits per heavy atom. The van der Waals surface area contributed by atoms with E-state index in [9.17, 15) is 4.91 Å². The molecule has 3 aliphatic heterocycles. The summed E-state index contributed by atoms with van der Waals surface area (Å²) in [4.78, 5) is 21.4. The predicted molar refractivity (Wildman–Crippen MR) is 129 cm³/mol. The monoisotopic (exact) mass is 446 g/mol. The molecule has 2 atom stereocenters. The van der Waals surface area contributed by atoms with Gasteiger partial charge in [0.05, 0.1) is 5.92 Å². The first-order valence-corrected chi connectivity index (χ1v) is 11.7. The lowest BCUT2D eigenvalue weighted by molar-refractivity contribution is 0.0101. The molecule has 5 rings (SSSR count). The molecule has 172 valence electrons. The summed E-state index contributed by atoms with van der Waals surface area (Å²) in [5.41, 5.74) is 5.43. The van der Waals surface area contributed by atoms with E-state index in [0.29, 0.717) is 6.61 Å². The number of oxime groups is 1. The fourth-order valence-corrected chi connectivity index (χ4v) is 4.90. The predicted octanol–water partition coefficient (Wildman–Crippen LogP) is 3.79. The van der Waals surface area contributed by atoms with Gasteiger partial charge in [0.1, 0.15) is 24.6 Å². The van der Waals surface area contributed by atoms with Gasteiger partial charge in [-0.1, -0.05) is 58.4 Å². The number of nitroso groups, excluding NO2 is 1. The molecule has 0 N–H and O–H groups in total. The van der Waals surface area contributed by atoms with Crippen LogP contribution in [-0.4, -0.2) is 67.5 Å². The van der Waals surface area contributed by atoms with Gasteiger partial charge in [-0.25, -0.2) is 0 Å². The molecule has 33 heavy (non-hydrogen) atoms. The molecule has 0 radical (unpaired) electrons. The maximum atomic E-state index is 10.6. The minimum atomic E-state index is 0.00994. The van der Waals surface area contributed by atoms with Gasteiger partial charge in [-0.2, -0.15) is 4.91 Å². The zero-order valence-electron chi connectivity index (χ0n) is 19.0. The van der Waals surface area contributed by atoms with Crippen molar-refractivity contribution < 1.29 is 9.57 Å². The van der Waals surface area contributed by atoms with Crippen molar-refractivity contribution >= 4 is 11.8 Å². The normalized spacial score (nSPS) is 23.2. The van der Waals surface area contributed by atoms with Crippen LogP contribution in [0.3, 0.4) is 0 Å². The maximum Gasteiger partial charge on any atom is 0.151 e. The lowest BCUT2D eigenvalue weighted by Gasteiger charge is -2.36. The van der Waals surface area contributed by atoms with Gasteiger partial charge in [-0.3, -0.25) is 9.80 Å². The van der Waals surface area contributed by atoms with Crippen molar-refractivity contribution in [3.05, 3.63) is 75.7 Å². The maximum absolute atomic E-state index is 10.6. The van der Waals surface area contributed by atoms with Crippen molar-refractivity contribution in [1.29, 1.82) is 0 Å². The van der Waals surface area contributed by atoms with Crippen molar-refractivity contribution in [2.75, 3.05) is 45.9 Å². The van der Waals surface area contributed by atoms with E-state index in [4.69, 9.17) is 9.57 Å². The van der Waals surface area contributed by atoms with Gasteiger partial charge < -0.3 is 9.57 Å². The minimum Gasteiger partial charge on any atom is -0.492 e. The van der Waals surface area contributed by atoms with Gasteiger partial charge in [0.25, 0.3) is 0 Å². The van der Waals surface area contributed by atoms with E-state index in [1.54, 1.807) is 0 Å². The molecule has 0 amide bonds. The molecule has 2 unspecified atom stereocenters. The Morgan fingerprint density at radius 2 is 1.91 bits per heavy atom. The highest BCUT2D eigenvalue weighted by atomic mass is 16.6. The zero-order valence-corrected chi connectivity index (χ0v) is 19.0. The summed E-state index contributed by atoms with van der Waals surface area (Å²) >= 11 is 0. The van der Waals surface area contributed by atoms with Crippen LogP contribution in [-0.2, 0) is 11.4 Å². The average molecular weight is 447 g/mol. The molecular weight excluding hydrogens is 416 g/mol. The molecule has 1 fully saturated rings. The van der Waals surface area contributed by atoms with E-state index in [1.807, 2.05) is 18.2 Å². The first kappa shape index (κ1) is 21.8. The number of benzene rings is 2. The third-order valence-electron chi connectivity index (χ3n) is 6.66. The van der Waals surface area contributed by atoms with Crippen molar-refractivity contribution in [2.45, 2.75) is 19.6 Å². The Balaban J connectivity index is 1.13. The molecule has 0 aliphatic carbocycles. The number of fused-ring (bicyclic) bond motifs is 3. The Hall–Kier alpha value is -3.03. The fraction of sp³-hybridized carbons (Fsp3) is 0.423. The van der Waals surface area contributed by atoms with Crippen molar-refractivity contribution in [3.8, 4) is 5.75 Å². The van der Waals surface area contributed by atoms with E-state index in [1.165, 1.54) is 11.1 Å². The number of hydrogen-bond donors (Lipinski definition) is 0. The van der Waals surface area contributed by atoms with E-state index < -0.39 is 0 Å². The summed E-state index contributed by atoms with van der Waals surface area (Å²) in [5.74, 6) is 0.907. The fourth-order valence-electron chi connectivity index (χ4n) is 4.90. The Bertz CT molecular complexity index is 1040. The highest BCUT2D eigenvalue weighted by Gasteiger charge is 2.40. The van der Waals surface area contributed by atoms with Crippen LogP contribution >= 0.6 is 0 Å². The van der Waals surface area contributed by atoms with Gasteiger partial charge in [0.15, 0.2) is 6.10 Å². The smallest absolute Gasteiger partial charge is 0.151 e. The van der Waals surface area contributed by atoms with Crippen LogP contribution in [0.4, 0.5) is 0 Å². The van der Waals surface area contributed by atoms with Crippen LogP contribution in [0.2, 0.25) is 0 Å². The summed E-state index contributed by atoms with van der Waals surface area (Å²) < 4.78 is 6.02. The molecule has 3 aliphatic rings. The topological polar surface area (TPSA) is 66.7 Å². The van der Waals surface area contributed by atoms with Crippen molar-refractivity contribution in [1.82, 2.24) is 9.80 Å². The molecule has 0 aromatic heterocycles. The summed E-state index contributed by atoms with van der Waals surface area (Å²) in [6.45, 7) is 8.94. The lowest BCUT2D eigenvalue weighted by atomic mass is 9.89. The Labute approximate surface area is 194 Å². The number of rotatable bonds is 7. The number of piperazine rings is 1. The lowest BCUT2D eigenvalue weighted by Crippen LogP contribution is -2.50. The third-order valence-corrected chi connectivity index (χ3v) is 6.66. The van der Waals surface area contributed by atoms with Crippen molar-refractivity contribution in [2.24, 2.45) is 16.3 Å². The largest absolute Gasteiger partial charge is 0.492 e.